The number of aromatic nitrogens is 3. The number of alkyl halides is 6. The van der Waals surface area contributed by atoms with Crippen LogP contribution in [0.2, 0.25) is 0 Å². The molecule has 0 aliphatic heterocycles. The van der Waals surface area contributed by atoms with Crippen molar-refractivity contribution >= 4 is 33.7 Å². The molecule has 0 saturated carbocycles. The van der Waals surface area contributed by atoms with Gasteiger partial charge >= 0.3 is 24.4 Å². The summed E-state index contributed by atoms with van der Waals surface area (Å²) in [5.74, 6) is -3.31. The van der Waals surface area contributed by atoms with Crippen molar-refractivity contribution in [3.05, 3.63) is 58.0 Å². The van der Waals surface area contributed by atoms with E-state index in [2.05, 4.69) is 36.4 Å². The number of nitrogens with one attached hydrogen (secondary N) is 1. The smallest absolute Gasteiger partial charge is 0.426 e. The van der Waals surface area contributed by atoms with Crippen LogP contribution < -0.4 is 5.32 Å². The molecule has 0 fully saturated rings. The first-order chi connectivity index (χ1) is 19.8. The van der Waals surface area contributed by atoms with Crippen molar-refractivity contribution in [2.45, 2.75) is 70.2 Å². The topological polar surface area (TPSA) is 137 Å². The van der Waals surface area contributed by atoms with Gasteiger partial charge in [-0.1, -0.05) is 30.3 Å². The zero-order chi connectivity index (χ0) is 32.2. The second kappa shape index (κ2) is 12.9. The summed E-state index contributed by atoms with van der Waals surface area (Å²) in [5.41, 5.74) is -6.64. The Balaban J connectivity index is 2.14. The normalized spacial score (nSPS) is 13.8. The molecule has 0 aliphatic carbocycles. The first kappa shape index (κ1) is 33.8. The van der Waals surface area contributed by atoms with Gasteiger partial charge in [-0.25, -0.2) is 9.78 Å². The number of ether oxygens (including phenoxy) is 2. The van der Waals surface area contributed by atoms with E-state index in [1.165, 1.54) is 32.9 Å². The summed E-state index contributed by atoms with van der Waals surface area (Å²) < 4.78 is 100. The first-order valence-corrected chi connectivity index (χ1v) is 13.2. The molecule has 0 radical (unpaired) electrons. The number of nitrogens with zero attached hydrogens (tertiary/aromatic N) is 3. The maximum Gasteiger partial charge on any atom is 0.426 e. The number of rotatable bonds is 10. The zero-order valence-corrected chi connectivity index (χ0v) is 24.4. The van der Waals surface area contributed by atoms with Gasteiger partial charge in [-0.2, -0.15) is 26.3 Å². The average molecular weight is 683 g/mol. The Hall–Kier alpha value is -3.73. The SMILES string of the molecule is CC(C)(C)OC(=O)Nc1cc(C(F)(F)F)c(Br)nc1-c1nnc(C(CCCC(=O)O)(OCc2ccccc2)C(F)(F)F)o1. The van der Waals surface area contributed by atoms with E-state index in [-0.39, 0.29) is 0 Å². The predicted molar refractivity (Wildman–Crippen MR) is 141 cm³/mol. The number of benzene rings is 1. The molecule has 1 unspecified atom stereocenters. The number of amides is 1. The third-order valence-electron chi connectivity index (χ3n) is 5.60. The van der Waals surface area contributed by atoms with Crippen molar-refractivity contribution in [3.8, 4) is 11.6 Å². The Morgan fingerprint density at radius 2 is 1.70 bits per heavy atom. The summed E-state index contributed by atoms with van der Waals surface area (Å²) >= 11 is 2.68. The van der Waals surface area contributed by atoms with E-state index in [0.29, 0.717) is 11.6 Å². The Bertz CT molecular complexity index is 1440. The van der Waals surface area contributed by atoms with E-state index < -0.39 is 94.8 Å². The van der Waals surface area contributed by atoms with Crippen LogP contribution in [0.15, 0.2) is 45.4 Å². The van der Waals surface area contributed by atoms with Crippen molar-refractivity contribution in [2.24, 2.45) is 0 Å². The Morgan fingerprint density at radius 3 is 2.26 bits per heavy atom. The number of carboxylic acids is 1. The van der Waals surface area contributed by atoms with Gasteiger partial charge in [0.1, 0.15) is 10.2 Å². The number of pyridine rings is 1. The monoisotopic (exact) mass is 682 g/mol. The van der Waals surface area contributed by atoms with Gasteiger partial charge in [0.2, 0.25) is 5.60 Å². The largest absolute Gasteiger partial charge is 0.481 e. The Labute approximate surface area is 248 Å². The summed E-state index contributed by atoms with van der Waals surface area (Å²) in [7, 11) is 0. The first-order valence-electron chi connectivity index (χ1n) is 12.4. The number of hydrogen-bond acceptors (Lipinski definition) is 8. The van der Waals surface area contributed by atoms with E-state index in [1.54, 1.807) is 18.2 Å². The predicted octanol–water partition coefficient (Wildman–Crippen LogP) is 7.49. The summed E-state index contributed by atoms with van der Waals surface area (Å²) in [4.78, 5) is 27.2. The molecule has 234 valence electrons. The quantitative estimate of drug-likeness (QED) is 0.165. The van der Waals surface area contributed by atoms with Crippen molar-refractivity contribution < 1.29 is 54.9 Å². The number of carbonyl (C=O) groups is 2. The van der Waals surface area contributed by atoms with Crippen LogP contribution in [0.5, 0.6) is 0 Å². The highest BCUT2D eigenvalue weighted by Crippen LogP contribution is 2.47. The minimum atomic E-state index is -5.23. The summed E-state index contributed by atoms with van der Waals surface area (Å²) in [5, 5.41) is 18.2. The lowest BCUT2D eigenvalue weighted by Crippen LogP contribution is -2.45. The number of carbonyl (C=O) groups excluding carboxylic acids is 1. The van der Waals surface area contributed by atoms with Crippen LogP contribution >= 0.6 is 15.9 Å². The second-order valence-corrected chi connectivity index (χ2v) is 10.9. The standard InChI is InChI=1S/C26H25BrF6N4O6/c1-23(2,3)43-22(40)34-16-12-15(25(28,29)30)19(27)35-18(16)20-36-37-21(42-20)24(26(31,32)33,11-7-10-17(38)39)41-13-14-8-5-4-6-9-14/h4-6,8-9,12H,7,10-11,13H2,1-3H3,(H,34,40)(H,38,39). The molecule has 1 aromatic carbocycles. The minimum Gasteiger partial charge on any atom is -0.481 e. The zero-order valence-electron chi connectivity index (χ0n) is 22.8. The molecular weight excluding hydrogens is 658 g/mol. The molecule has 1 amide bonds. The third kappa shape index (κ3) is 8.65. The van der Waals surface area contributed by atoms with E-state index in [4.69, 9.17) is 19.0 Å². The van der Waals surface area contributed by atoms with Gasteiger partial charge in [0.15, 0.2) is 5.69 Å². The van der Waals surface area contributed by atoms with Gasteiger partial charge in [-0.15, -0.1) is 10.2 Å². The molecular formula is C26H25BrF6N4O6. The van der Waals surface area contributed by atoms with Gasteiger partial charge in [0, 0.05) is 6.42 Å². The van der Waals surface area contributed by atoms with Crippen molar-refractivity contribution in [2.75, 3.05) is 5.32 Å². The molecule has 2 N–H and O–H groups in total. The molecule has 0 bridgehead atoms. The molecule has 0 aliphatic rings. The molecule has 3 rings (SSSR count). The van der Waals surface area contributed by atoms with Gasteiger partial charge in [0.25, 0.3) is 11.8 Å². The fourth-order valence-electron chi connectivity index (χ4n) is 3.70. The fraction of sp³-hybridized carbons (Fsp3) is 0.423. The van der Waals surface area contributed by atoms with Crippen LogP contribution in [0, 0.1) is 0 Å². The van der Waals surface area contributed by atoms with Gasteiger partial charge < -0.3 is 19.0 Å². The molecule has 0 saturated heterocycles. The molecule has 43 heavy (non-hydrogen) atoms. The second-order valence-electron chi connectivity index (χ2n) is 10.1. The van der Waals surface area contributed by atoms with Crippen LogP contribution in [0.1, 0.15) is 57.1 Å². The number of carboxylic acid groups (broad SMARTS) is 1. The lowest BCUT2D eigenvalue weighted by atomic mass is 9.95. The van der Waals surface area contributed by atoms with E-state index in [1.807, 2.05) is 0 Å². The van der Waals surface area contributed by atoms with E-state index in [9.17, 15) is 35.9 Å². The third-order valence-corrected chi connectivity index (χ3v) is 6.20. The maximum atomic E-state index is 14.7. The minimum absolute atomic E-state index is 0.339. The van der Waals surface area contributed by atoms with Gasteiger partial charge in [0.05, 0.1) is 17.9 Å². The summed E-state index contributed by atoms with van der Waals surface area (Å²) in [6, 6.07) is 8.23. The maximum absolute atomic E-state index is 14.7. The lowest BCUT2D eigenvalue weighted by molar-refractivity contribution is -0.300. The number of anilines is 1. The van der Waals surface area contributed by atoms with Crippen molar-refractivity contribution in [1.29, 1.82) is 0 Å². The summed E-state index contributed by atoms with van der Waals surface area (Å²) in [6.07, 6.45) is -13.5. The van der Waals surface area contributed by atoms with Crippen LogP contribution in [-0.2, 0) is 32.7 Å². The van der Waals surface area contributed by atoms with Gasteiger partial charge in [-0.05, 0) is 61.2 Å². The van der Waals surface area contributed by atoms with Gasteiger partial charge in [-0.3, -0.25) is 10.1 Å². The van der Waals surface area contributed by atoms with Crippen LogP contribution in [0.4, 0.5) is 36.8 Å². The van der Waals surface area contributed by atoms with Crippen LogP contribution in [0.3, 0.4) is 0 Å². The van der Waals surface area contributed by atoms with E-state index in [0.717, 1.165) is 0 Å². The molecule has 17 heteroatoms. The Morgan fingerprint density at radius 1 is 1.05 bits per heavy atom. The highest BCUT2D eigenvalue weighted by atomic mass is 79.9. The highest BCUT2D eigenvalue weighted by molar-refractivity contribution is 9.10. The molecule has 0 spiro atoms. The molecule has 10 nitrogen and oxygen atoms in total. The number of aliphatic carboxylic acids is 1. The highest BCUT2D eigenvalue weighted by Gasteiger charge is 2.61. The Kier molecular flexibility index (Phi) is 10.1. The molecule has 3 aromatic rings. The van der Waals surface area contributed by atoms with E-state index >= 15 is 0 Å². The van der Waals surface area contributed by atoms with Crippen LogP contribution in [0.25, 0.3) is 11.6 Å². The molecule has 2 aromatic heterocycles. The van der Waals surface area contributed by atoms with Crippen LogP contribution in [-0.4, -0.2) is 44.1 Å². The van der Waals surface area contributed by atoms with Crippen molar-refractivity contribution in [1.82, 2.24) is 15.2 Å². The van der Waals surface area contributed by atoms with Crippen molar-refractivity contribution in [3.63, 3.8) is 0 Å². The number of halogens is 7. The molecule has 2 heterocycles. The number of hydrogen-bond donors (Lipinski definition) is 2. The lowest BCUT2D eigenvalue weighted by Gasteiger charge is -2.32. The molecule has 1 atom stereocenters. The summed E-state index contributed by atoms with van der Waals surface area (Å²) in [6.45, 7) is 3.89. The fourth-order valence-corrected chi connectivity index (χ4v) is 4.22. The average Bonchev–Trinajstić information content (AvgIpc) is 3.35.